The van der Waals surface area contributed by atoms with Crippen molar-refractivity contribution in [2.75, 3.05) is 33.2 Å². The maximum atomic E-state index is 3.60. The number of nitrogens with zero attached hydrogens (tertiary/aromatic N) is 2. The van der Waals surface area contributed by atoms with Gasteiger partial charge in [0.25, 0.3) is 0 Å². The molecule has 1 heterocycles. The SMILES string of the molecule is CC(C)NCC(C(C)C)N1CCN(C)CC1C. The smallest absolute Gasteiger partial charge is 0.0247 e. The zero-order valence-electron chi connectivity index (χ0n) is 12.5. The van der Waals surface area contributed by atoms with Gasteiger partial charge in [-0.1, -0.05) is 27.7 Å². The van der Waals surface area contributed by atoms with Gasteiger partial charge in [0.2, 0.25) is 0 Å². The molecule has 102 valence electrons. The van der Waals surface area contributed by atoms with E-state index >= 15 is 0 Å². The molecule has 1 aliphatic heterocycles. The number of piperazine rings is 1. The minimum atomic E-state index is 0.582. The lowest BCUT2D eigenvalue weighted by Gasteiger charge is -2.44. The second kappa shape index (κ2) is 6.72. The van der Waals surface area contributed by atoms with Crippen molar-refractivity contribution in [2.24, 2.45) is 5.92 Å². The zero-order valence-corrected chi connectivity index (χ0v) is 12.5. The molecule has 2 atom stereocenters. The lowest BCUT2D eigenvalue weighted by molar-refractivity contribution is 0.0416. The zero-order chi connectivity index (χ0) is 13.0. The van der Waals surface area contributed by atoms with Crippen LogP contribution in [0.3, 0.4) is 0 Å². The summed E-state index contributed by atoms with van der Waals surface area (Å²) in [6.07, 6.45) is 0. The molecule has 2 unspecified atom stereocenters. The molecule has 0 bridgehead atoms. The van der Waals surface area contributed by atoms with Gasteiger partial charge in [0.1, 0.15) is 0 Å². The number of likely N-dealkylation sites (N-methyl/N-ethyl adjacent to an activating group) is 1. The summed E-state index contributed by atoms with van der Waals surface area (Å²) >= 11 is 0. The van der Waals surface area contributed by atoms with Gasteiger partial charge in [-0.25, -0.2) is 0 Å². The Balaban J connectivity index is 2.57. The van der Waals surface area contributed by atoms with E-state index in [4.69, 9.17) is 0 Å². The summed E-state index contributed by atoms with van der Waals surface area (Å²) in [5, 5.41) is 3.60. The molecule has 0 aromatic rings. The molecule has 0 spiro atoms. The van der Waals surface area contributed by atoms with Gasteiger partial charge < -0.3 is 10.2 Å². The highest BCUT2D eigenvalue weighted by atomic mass is 15.3. The van der Waals surface area contributed by atoms with E-state index < -0.39 is 0 Å². The first-order valence-electron chi connectivity index (χ1n) is 7.09. The van der Waals surface area contributed by atoms with Crippen molar-refractivity contribution in [3.8, 4) is 0 Å². The second-order valence-corrected chi connectivity index (χ2v) is 6.22. The van der Waals surface area contributed by atoms with E-state index in [1.165, 1.54) is 19.6 Å². The van der Waals surface area contributed by atoms with Crippen LogP contribution in [-0.2, 0) is 0 Å². The van der Waals surface area contributed by atoms with E-state index in [0.717, 1.165) is 6.54 Å². The van der Waals surface area contributed by atoms with Crippen LogP contribution in [0.25, 0.3) is 0 Å². The molecule has 1 saturated heterocycles. The van der Waals surface area contributed by atoms with Crippen molar-refractivity contribution in [1.82, 2.24) is 15.1 Å². The predicted octanol–water partition coefficient (Wildman–Crippen LogP) is 1.64. The minimum Gasteiger partial charge on any atom is -0.313 e. The van der Waals surface area contributed by atoms with Gasteiger partial charge in [0.05, 0.1) is 0 Å². The topological polar surface area (TPSA) is 18.5 Å². The Kier molecular flexibility index (Phi) is 5.90. The first kappa shape index (κ1) is 14.9. The van der Waals surface area contributed by atoms with Crippen molar-refractivity contribution in [2.45, 2.75) is 52.7 Å². The number of rotatable bonds is 5. The summed E-state index contributed by atoms with van der Waals surface area (Å²) in [6, 6.07) is 1.93. The summed E-state index contributed by atoms with van der Waals surface area (Å²) < 4.78 is 0. The van der Waals surface area contributed by atoms with Crippen molar-refractivity contribution in [3.05, 3.63) is 0 Å². The fraction of sp³-hybridized carbons (Fsp3) is 1.00. The van der Waals surface area contributed by atoms with Gasteiger partial charge in [-0.2, -0.15) is 0 Å². The van der Waals surface area contributed by atoms with Gasteiger partial charge in [-0.15, -0.1) is 0 Å². The quantitative estimate of drug-likeness (QED) is 0.789. The average molecular weight is 241 g/mol. The van der Waals surface area contributed by atoms with E-state index in [1.54, 1.807) is 0 Å². The van der Waals surface area contributed by atoms with Crippen LogP contribution in [-0.4, -0.2) is 61.2 Å². The summed E-state index contributed by atoms with van der Waals surface area (Å²) in [5.74, 6) is 0.715. The molecule has 0 radical (unpaired) electrons. The largest absolute Gasteiger partial charge is 0.313 e. The maximum absolute atomic E-state index is 3.60. The Morgan fingerprint density at radius 2 is 1.82 bits per heavy atom. The third kappa shape index (κ3) is 4.57. The third-order valence-corrected chi connectivity index (χ3v) is 3.81. The van der Waals surface area contributed by atoms with Crippen LogP contribution in [0.15, 0.2) is 0 Å². The van der Waals surface area contributed by atoms with Crippen LogP contribution in [0, 0.1) is 5.92 Å². The summed E-state index contributed by atoms with van der Waals surface area (Å²) in [6.45, 7) is 16.2. The summed E-state index contributed by atoms with van der Waals surface area (Å²) in [4.78, 5) is 5.13. The third-order valence-electron chi connectivity index (χ3n) is 3.81. The first-order chi connectivity index (χ1) is 7.91. The van der Waals surface area contributed by atoms with Crippen molar-refractivity contribution < 1.29 is 0 Å². The monoisotopic (exact) mass is 241 g/mol. The highest BCUT2D eigenvalue weighted by Gasteiger charge is 2.29. The van der Waals surface area contributed by atoms with E-state index in [-0.39, 0.29) is 0 Å². The summed E-state index contributed by atoms with van der Waals surface area (Å²) in [7, 11) is 2.23. The molecule has 0 saturated carbocycles. The van der Waals surface area contributed by atoms with Crippen molar-refractivity contribution in [3.63, 3.8) is 0 Å². The normalized spacial score (nSPS) is 25.8. The van der Waals surface area contributed by atoms with E-state index in [0.29, 0.717) is 24.0 Å². The van der Waals surface area contributed by atoms with Crippen LogP contribution >= 0.6 is 0 Å². The number of hydrogen-bond acceptors (Lipinski definition) is 3. The number of hydrogen-bond donors (Lipinski definition) is 1. The van der Waals surface area contributed by atoms with Crippen LogP contribution in [0.2, 0.25) is 0 Å². The fourth-order valence-electron chi connectivity index (χ4n) is 2.74. The molecule has 17 heavy (non-hydrogen) atoms. The van der Waals surface area contributed by atoms with Crippen molar-refractivity contribution in [1.29, 1.82) is 0 Å². The van der Waals surface area contributed by atoms with E-state index in [1.807, 2.05) is 0 Å². The molecule has 3 nitrogen and oxygen atoms in total. The lowest BCUT2D eigenvalue weighted by atomic mass is 9.99. The molecule has 0 aromatic carbocycles. The second-order valence-electron chi connectivity index (χ2n) is 6.22. The molecule has 1 aliphatic rings. The average Bonchev–Trinajstić information content (AvgIpc) is 2.20. The Labute approximate surface area is 108 Å². The molecule has 0 aliphatic carbocycles. The van der Waals surface area contributed by atoms with Gasteiger partial charge in [-0.05, 0) is 19.9 Å². The van der Waals surface area contributed by atoms with E-state index in [9.17, 15) is 0 Å². The fourth-order valence-corrected chi connectivity index (χ4v) is 2.74. The lowest BCUT2D eigenvalue weighted by Crippen LogP contribution is -2.58. The standard InChI is InChI=1S/C14H31N3/c1-11(2)14(9-15-12(3)4)17-8-7-16(6)10-13(17)5/h11-15H,7-10H2,1-6H3. The molecular formula is C14H31N3. The van der Waals surface area contributed by atoms with Crippen molar-refractivity contribution >= 4 is 0 Å². The van der Waals surface area contributed by atoms with Crippen LogP contribution in [0.4, 0.5) is 0 Å². The predicted molar refractivity (Wildman–Crippen MR) is 75.4 cm³/mol. The van der Waals surface area contributed by atoms with Gasteiger partial charge in [0.15, 0.2) is 0 Å². The van der Waals surface area contributed by atoms with E-state index in [2.05, 4.69) is 56.8 Å². The van der Waals surface area contributed by atoms with Crippen LogP contribution in [0.5, 0.6) is 0 Å². The molecule has 3 heteroatoms. The Morgan fingerprint density at radius 3 is 2.29 bits per heavy atom. The van der Waals surface area contributed by atoms with Gasteiger partial charge >= 0.3 is 0 Å². The molecule has 0 amide bonds. The molecule has 1 fully saturated rings. The summed E-state index contributed by atoms with van der Waals surface area (Å²) in [5.41, 5.74) is 0. The Hall–Kier alpha value is -0.120. The maximum Gasteiger partial charge on any atom is 0.0247 e. The number of nitrogens with one attached hydrogen (secondary N) is 1. The van der Waals surface area contributed by atoms with Crippen LogP contribution in [0.1, 0.15) is 34.6 Å². The Bertz CT molecular complexity index is 216. The van der Waals surface area contributed by atoms with Gasteiger partial charge in [0, 0.05) is 44.3 Å². The molecule has 0 aromatic heterocycles. The Morgan fingerprint density at radius 1 is 1.18 bits per heavy atom. The highest BCUT2D eigenvalue weighted by Crippen LogP contribution is 2.17. The molecule has 1 rings (SSSR count). The molecule has 1 N–H and O–H groups in total. The van der Waals surface area contributed by atoms with Gasteiger partial charge in [-0.3, -0.25) is 4.90 Å². The molecular weight excluding hydrogens is 210 g/mol. The highest BCUT2D eigenvalue weighted by molar-refractivity contribution is 4.86. The van der Waals surface area contributed by atoms with Crippen LogP contribution < -0.4 is 5.32 Å². The minimum absolute atomic E-state index is 0.582. The first-order valence-corrected chi connectivity index (χ1v) is 7.09.